The Labute approximate surface area is 146 Å². The Kier molecular flexibility index (Phi) is 72.7. The Balaban J connectivity index is -0.0000000699. The van der Waals surface area contributed by atoms with E-state index >= 15 is 0 Å². The molecule has 1 rings (SSSR count). The molecule has 0 saturated carbocycles. The molecule has 1 aliphatic heterocycles. The van der Waals surface area contributed by atoms with Crippen molar-refractivity contribution in [3.05, 3.63) is 12.7 Å². The predicted molar refractivity (Wildman–Crippen MR) is 105 cm³/mol. The number of rotatable bonds is 4. The van der Waals surface area contributed by atoms with Gasteiger partial charge >= 0.3 is 0 Å². The monoisotopic (exact) mass is 335 g/mol. The molecule has 0 aromatic rings. The topological polar surface area (TPSA) is 58.6 Å². The molecule has 0 amide bonds. The summed E-state index contributed by atoms with van der Waals surface area (Å²) in [4.78, 5) is 8.36. The van der Waals surface area contributed by atoms with E-state index in [1.54, 1.807) is 20.3 Å². The SMILES string of the molecule is C=CC.CC.CC.CCCCCC1CCCN1.COC.O=CO. The summed E-state index contributed by atoms with van der Waals surface area (Å²) in [5.41, 5.74) is 0. The number of hydrogen-bond acceptors (Lipinski definition) is 3. The van der Waals surface area contributed by atoms with Crippen LogP contribution in [0.1, 0.15) is 80.1 Å². The van der Waals surface area contributed by atoms with Crippen LogP contribution in [0, 0.1) is 0 Å². The number of carbonyl (C=O) groups is 1. The summed E-state index contributed by atoms with van der Waals surface area (Å²) in [6.45, 7) is 16.5. The fourth-order valence-electron chi connectivity index (χ4n) is 1.64. The average molecular weight is 336 g/mol. The quantitative estimate of drug-likeness (QED) is 0.403. The lowest BCUT2D eigenvalue weighted by Crippen LogP contribution is -2.20. The van der Waals surface area contributed by atoms with Crippen molar-refractivity contribution < 1.29 is 14.6 Å². The molecule has 0 bridgehead atoms. The molecular formula is C19H45NO3. The van der Waals surface area contributed by atoms with Gasteiger partial charge in [-0.25, -0.2) is 0 Å². The van der Waals surface area contributed by atoms with Crippen LogP contribution in [0.15, 0.2) is 12.7 Å². The van der Waals surface area contributed by atoms with Crippen molar-refractivity contribution in [2.75, 3.05) is 20.8 Å². The third-order valence-electron chi connectivity index (χ3n) is 2.32. The lowest BCUT2D eigenvalue weighted by Gasteiger charge is -2.07. The molecule has 0 spiro atoms. The fraction of sp³-hybridized carbons (Fsp3) is 0.842. The summed E-state index contributed by atoms with van der Waals surface area (Å²) < 4.78 is 4.25. The molecule has 2 N–H and O–H groups in total. The number of nitrogens with one attached hydrogen (secondary N) is 1. The number of carboxylic acid groups (broad SMARTS) is 1. The lowest BCUT2D eigenvalue weighted by atomic mass is 10.1. The van der Waals surface area contributed by atoms with Gasteiger partial charge in [0.15, 0.2) is 0 Å². The summed E-state index contributed by atoms with van der Waals surface area (Å²) >= 11 is 0. The smallest absolute Gasteiger partial charge is 0.290 e. The second kappa shape index (κ2) is 49.7. The Morgan fingerprint density at radius 3 is 1.87 bits per heavy atom. The Morgan fingerprint density at radius 1 is 1.22 bits per heavy atom. The van der Waals surface area contributed by atoms with E-state index in [2.05, 4.69) is 23.6 Å². The standard InChI is InChI=1S/C9H19N.C3H6.C2H6O.2C2H6.CH2O2/c1-2-3-4-6-9-7-5-8-10-9;2*1-3-2;2*1-2;2-1-3/h9-10H,2-8H2,1H3;3H,1H2,2H3;1-2H3;2*1-2H3;1H,(H,2,3). The molecule has 4 nitrogen and oxygen atoms in total. The maximum absolute atomic E-state index is 8.36. The van der Waals surface area contributed by atoms with Gasteiger partial charge in [0.25, 0.3) is 6.47 Å². The van der Waals surface area contributed by atoms with Gasteiger partial charge in [-0.2, -0.15) is 0 Å². The lowest BCUT2D eigenvalue weighted by molar-refractivity contribution is -0.122. The van der Waals surface area contributed by atoms with E-state index in [1.807, 2.05) is 34.6 Å². The molecule has 1 saturated heterocycles. The van der Waals surface area contributed by atoms with Crippen LogP contribution in [0.5, 0.6) is 0 Å². The molecule has 0 radical (unpaired) electrons. The van der Waals surface area contributed by atoms with Crippen LogP contribution in [0.4, 0.5) is 0 Å². The molecule has 0 aromatic heterocycles. The normalized spacial score (nSPS) is 13.5. The van der Waals surface area contributed by atoms with Gasteiger partial charge in [-0.05, 0) is 32.7 Å². The van der Waals surface area contributed by atoms with Crippen LogP contribution in [-0.4, -0.2) is 38.4 Å². The van der Waals surface area contributed by atoms with Gasteiger partial charge < -0.3 is 15.2 Å². The first-order chi connectivity index (χ1) is 11.2. The van der Waals surface area contributed by atoms with E-state index in [0.29, 0.717) is 0 Å². The third kappa shape index (κ3) is 62.4. The van der Waals surface area contributed by atoms with Crippen LogP contribution >= 0.6 is 0 Å². The first-order valence-corrected chi connectivity index (χ1v) is 8.96. The molecule has 0 aliphatic carbocycles. The largest absolute Gasteiger partial charge is 0.483 e. The van der Waals surface area contributed by atoms with Gasteiger partial charge in [0.2, 0.25) is 0 Å². The maximum Gasteiger partial charge on any atom is 0.290 e. The Morgan fingerprint density at radius 2 is 1.61 bits per heavy atom. The zero-order valence-electron chi connectivity index (χ0n) is 17.2. The van der Waals surface area contributed by atoms with Crippen molar-refractivity contribution in [3.8, 4) is 0 Å². The van der Waals surface area contributed by atoms with Crippen molar-refractivity contribution in [2.45, 2.75) is 86.1 Å². The van der Waals surface area contributed by atoms with Gasteiger partial charge in [0.1, 0.15) is 0 Å². The van der Waals surface area contributed by atoms with Crippen LogP contribution in [-0.2, 0) is 9.53 Å². The summed E-state index contributed by atoms with van der Waals surface area (Å²) in [5.74, 6) is 0. The molecule has 1 atom stereocenters. The average Bonchev–Trinajstić information content (AvgIpc) is 3.07. The number of allylic oxidation sites excluding steroid dienone is 1. The van der Waals surface area contributed by atoms with Crippen molar-refractivity contribution in [1.29, 1.82) is 0 Å². The van der Waals surface area contributed by atoms with E-state index in [4.69, 9.17) is 9.90 Å². The van der Waals surface area contributed by atoms with Crippen LogP contribution in [0.3, 0.4) is 0 Å². The fourth-order valence-corrected chi connectivity index (χ4v) is 1.64. The van der Waals surface area contributed by atoms with E-state index in [1.165, 1.54) is 45.1 Å². The van der Waals surface area contributed by atoms with Crippen molar-refractivity contribution >= 4 is 6.47 Å². The zero-order chi connectivity index (χ0) is 19.4. The minimum Gasteiger partial charge on any atom is -0.483 e. The van der Waals surface area contributed by atoms with Gasteiger partial charge in [-0.15, -0.1) is 6.58 Å². The molecule has 4 heteroatoms. The van der Waals surface area contributed by atoms with Crippen LogP contribution < -0.4 is 5.32 Å². The third-order valence-corrected chi connectivity index (χ3v) is 2.32. The van der Waals surface area contributed by atoms with E-state index in [9.17, 15) is 0 Å². The molecule has 1 fully saturated rings. The van der Waals surface area contributed by atoms with E-state index in [0.717, 1.165) is 6.04 Å². The van der Waals surface area contributed by atoms with Crippen molar-refractivity contribution in [2.24, 2.45) is 0 Å². The van der Waals surface area contributed by atoms with E-state index in [-0.39, 0.29) is 6.47 Å². The molecule has 144 valence electrons. The second-order valence-corrected chi connectivity index (χ2v) is 4.21. The highest BCUT2D eigenvalue weighted by molar-refractivity contribution is 5.32. The Hall–Kier alpha value is -0.870. The van der Waals surface area contributed by atoms with Gasteiger partial charge in [-0.1, -0.05) is 60.0 Å². The molecule has 0 aromatic carbocycles. The second-order valence-electron chi connectivity index (χ2n) is 4.21. The van der Waals surface area contributed by atoms with Crippen LogP contribution in [0.25, 0.3) is 0 Å². The summed E-state index contributed by atoms with van der Waals surface area (Å²) in [6.07, 6.45) is 10.2. The van der Waals surface area contributed by atoms with Crippen LogP contribution in [0.2, 0.25) is 0 Å². The van der Waals surface area contributed by atoms with Gasteiger partial charge in [0.05, 0.1) is 0 Å². The highest BCUT2D eigenvalue weighted by Gasteiger charge is 2.12. The summed E-state index contributed by atoms with van der Waals surface area (Å²) in [6, 6.07) is 0.867. The number of hydrogen-bond donors (Lipinski definition) is 2. The zero-order valence-corrected chi connectivity index (χ0v) is 17.2. The molecule has 1 aliphatic rings. The summed E-state index contributed by atoms with van der Waals surface area (Å²) in [7, 11) is 3.25. The highest BCUT2D eigenvalue weighted by atomic mass is 16.4. The predicted octanol–water partition coefficient (Wildman–Crippen LogP) is 5.53. The number of unbranched alkanes of at least 4 members (excludes halogenated alkanes) is 2. The van der Waals surface area contributed by atoms with Gasteiger partial charge in [0, 0.05) is 20.3 Å². The molecule has 1 heterocycles. The first-order valence-electron chi connectivity index (χ1n) is 8.96. The summed E-state index contributed by atoms with van der Waals surface area (Å²) in [5, 5.41) is 10.4. The van der Waals surface area contributed by atoms with E-state index < -0.39 is 0 Å². The first kappa shape index (κ1) is 33.7. The minimum atomic E-state index is -0.250. The minimum absolute atomic E-state index is 0.250. The highest BCUT2D eigenvalue weighted by Crippen LogP contribution is 2.12. The molecule has 23 heavy (non-hydrogen) atoms. The maximum atomic E-state index is 8.36. The molecular weight excluding hydrogens is 290 g/mol. The number of ether oxygens (including phenoxy) is 1. The van der Waals surface area contributed by atoms with Crippen molar-refractivity contribution in [3.63, 3.8) is 0 Å². The molecule has 1 unspecified atom stereocenters. The van der Waals surface area contributed by atoms with Crippen molar-refractivity contribution in [1.82, 2.24) is 5.32 Å². The van der Waals surface area contributed by atoms with Gasteiger partial charge in [-0.3, -0.25) is 4.79 Å². The Bertz CT molecular complexity index is 153. The number of methoxy groups -OCH3 is 1.